The van der Waals surface area contributed by atoms with Crippen LogP contribution in [0, 0.1) is 36.2 Å². The number of nitrogens with one attached hydrogen (secondary N) is 4. The molecule has 1 saturated carbocycles. The lowest BCUT2D eigenvalue weighted by molar-refractivity contribution is -0.139. The Kier molecular flexibility index (Phi) is 41.5. The molecule has 10 aromatic rings. The minimum Gasteiger partial charge on any atom is -0.508 e. The Morgan fingerprint density at radius 1 is 0.515 bits per heavy atom. The molecular formula is C91H104Cl4F6N8O22P2S. The van der Waals surface area contributed by atoms with E-state index in [1.807, 2.05) is 6.92 Å². The van der Waals surface area contributed by atoms with Crippen LogP contribution in [-0.2, 0) is 110 Å². The molecule has 0 radical (unpaired) electrons. The van der Waals surface area contributed by atoms with Gasteiger partial charge in [-0.2, -0.15) is 8.42 Å². The Bertz CT molecular complexity index is 6100. The zero-order valence-electron chi connectivity index (χ0n) is 73.2. The number of carboxylic acids is 1. The van der Waals surface area contributed by atoms with Crippen molar-refractivity contribution in [3.8, 4) is 17.2 Å². The van der Waals surface area contributed by atoms with Crippen molar-refractivity contribution in [2.75, 3.05) is 52.2 Å². The number of amides is 4. The number of carbonyl (C=O) groups excluding carboxylic acids is 8. The largest absolute Gasteiger partial charge is 0.508 e. The second kappa shape index (κ2) is 50.4. The van der Waals surface area contributed by atoms with E-state index >= 15 is 0 Å². The Morgan fingerprint density at radius 3 is 1.37 bits per heavy atom. The van der Waals surface area contributed by atoms with Crippen molar-refractivity contribution in [1.82, 2.24) is 39.9 Å². The average Bonchev–Trinajstić information content (AvgIpc) is 1.64. The van der Waals surface area contributed by atoms with Gasteiger partial charge in [0.25, 0.3) is 10.1 Å². The monoisotopic (exact) mass is 2010 g/mol. The van der Waals surface area contributed by atoms with E-state index in [2.05, 4.69) is 21.3 Å². The average molecular weight is 2010 g/mol. The number of hydrogen-bond donors (Lipinski definition) is 7. The number of phenolic OH excluding ortho intramolecular Hbond substituents is 2. The number of Topliss-reactive ketones (excluding diaryl/α,β-unsaturated/α-hetero) is 4. The number of halogens is 10. The third-order valence-corrected chi connectivity index (χ3v) is 26.8. The highest BCUT2D eigenvalue weighted by Crippen LogP contribution is 2.50. The van der Waals surface area contributed by atoms with Gasteiger partial charge in [0.2, 0.25) is 23.6 Å². The minimum atomic E-state index is -3.98. The van der Waals surface area contributed by atoms with E-state index in [-0.39, 0.29) is 202 Å². The number of carboxylic acid groups (broad SMARTS) is 1. The fourth-order valence-corrected chi connectivity index (χ4v) is 19.3. The van der Waals surface area contributed by atoms with Gasteiger partial charge in [-0.15, -0.1) is 12.4 Å². The number of ketones is 4. The zero-order chi connectivity index (χ0) is 96.8. The maximum absolute atomic E-state index is 14.5. The number of alkyl halides is 3. The highest BCUT2D eigenvalue weighted by atomic mass is 35.5. The van der Waals surface area contributed by atoms with Crippen molar-refractivity contribution in [2.45, 2.75) is 163 Å². The van der Waals surface area contributed by atoms with Gasteiger partial charge in [0.15, 0.2) is 35.8 Å². The smallest absolute Gasteiger partial charge is 0.367 e. The number of aromatic nitrogens is 3. The molecule has 7 aromatic carbocycles. The van der Waals surface area contributed by atoms with E-state index < -0.39 is 115 Å². The Hall–Kier alpha value is -10.5. The number of aliphatic carboxylic acids is 1. The SMILES string of the molecule is C.CC(=O)c1cn(CC(=O)C2C[C@H](F)C[C@H]2C(=O)NCc2cccc(Cl)c2F)c2ccc(O)cc12.CC(=O)c1cn(CC(=O)O)c2ccc(O)cc12.CCOP(=O)(COS(=O)(=O)c1ccc(C)cc1)OCC.CCOP(=O)(COc1ccc2c(c1)c(C(C)=O)cn2CC(=O)N1C[C@H](F)C[C@H]1C(=O)NCc1cccc(Cl)c1F)OCC.Cl.O=C(NCc1cccc(Cl)c1F)[C@@H]1C[C@@H](F)CN1. The van der Waals surface area contributed by atoms with Crippen LogP contribution in [-0.4, -0.2) is 178 Å². The van der Waals surface area contributed by atoms with Gasteiger partial charge < -0.3 is 78.0 Å². The molecule has 7 N–H and O–H groups in total. The molecule has 1 aliphatic carbocycles. The summed E-state index contributed by atoms with van der Waals surface area (Å²) in [5, 5.41) is 39.9. The first-order chi connectivity index (χ1) is 62.5. The van der Waals surface area contributed by atoms with Crippen LogP contribution in [0.1, 0.15) is 135 Å². The molecule has 3 aromatic heterocycles. The van der Waals surface area contributed by atoms with Crippen LogP contribution in [0.3, 0.4) is 0 Å². The number of aryl methyl sites for hydroxylation is 1. The lowest BCUT2D eigenvalue weighted by Crippen LogP contribution is -2.46. The van der Waals surface area contributed by atoms with Crippen molar-refractivity contribution < 1.29 is 129 Å². The van der Waals surface area contributed by atoms with Crippen molar-refractivity contribution in [3.63, 3.8) is 0 Å². The predicted octanol–water partition coefficient (Wildman–Crippen LogP) is 17.5. The van der Waals surface area contributed by atoms with Crippen LogP contribution in [0.4, 0.5) is 26.3 Å². The molecule has 0 spiro atoms. The van der Waals surface area contributed by atoms with E-state index in [0.717, 1.165) is 10.5 Å². The van der Waals surface area contributed by atoms with Gasteiger partial charge in [0.1, 0.15) is 72.3 Å². The maximum Gasteiger partial charge on any atom is 0.367 e. The van der Waals surface area contributed by atoms with Crippen LogP contribution in [0.15, 0.2) is 157 Å². The van der Waals surface area contributed by atoms with Gasteiger partial charge in [-0.05, 0) is 153 Å². The van der Waals surface area contributed by atoms with E-state index in [9.17, 15) is 97.3 Å². The number of fused-ring (bicyclic) bond motifs is 3. The van der Waals surface area contributed by atoms with Gasteiger partial charge in [0.05, 0.1) is 71.4 Å². The number of likely N-dealkylation sites (tertiary alicyclic amines) is 1. The van der Waals surface area contributed by atoms with E-state index in [1.165, 1.54) is 111 Å². The highest BCUT2D eigenvalue weighted by Gasteiger charge is 2.44. The summed E-state index contributed by atoms with van der Waals surface area (Å²) in [5.41, 5.74) is 4.39. The Balaban J connectivity index is 0.000000240. The normalized spacial score (nSPS) is 16.8. The van der Waals surface area contributed by atoms with Crippen molar-refractivity contribution in [1.29, 1.82) is 0 Å². The first kappa shape index (κ1) is 111. The number of phenols is 2. The summed E-state index contributed by atoms with van der Waals surface area (Å²) < 4.78 is 168. The molecule has 726 valence electrons. The lowest BCUT2D eigenvalue weighted by Gasteiger charge is -2.24. The summed E-state index contributed by atoms with van der Waals surface area (Å²) in [7, 11) is -11.0. The molecule has 2 saturated heterocycles. The third-order valence-electron chi connectivity index (χ3n) is 21.0. The molecule has 13 rings (SSSR count). The topological polar surface area (TPSA) is 404 Å². The summed E-state index contributed by atoms with van der Waals surface area (Å²) in [4.78, 5) is 112. The van der Waals surface area contributed by atoms with E-state index in [1.54, 1.807) is 104 Å². The van der Waals surface area contributed by atoms with Crippen molar-refractivity contribution >= 4 is 158 Å². The highest BCUT2D eigenvalue weighted by molar-refractivity contribution is 7.87. The first-order valence-corrected chi connectivity index (χ1v) is 47.5. The summed E-state index contributed by atoms with van der Waals surface area (Å²) in [6.07, 6.45) is -0.362. The predicted molar refractivity (Wildman–Crippen MR) is 495 cm³/mol. The number of benzene rings is 7. The molecule has 134 heavy (non-hydrogen) atoms. The number of nitrogens with zero attached hydrogens (tertiary/aromatic N) is 4. The van der Waals surface area contributed by atoms with E-state index in [0.29, 0.717) is 60.7 Å². The van der Waals surface area contributed by atoms with Crippen LogP contribution < -0.4 is 26.0 Å². The number of aromatic hydroxyl groups is 2. The Labute approximate surface area is 790 Å². The quantitative estimate of drug-likeness (QED) is 0.00852. The maximum atomic E-state index is 14.5. The molecule has 30 nitrogen and oxygen atoms in total. The van der Waals surface area contributed by atoms with Gasteiger partial charge in [0, 0.05) is 130 Å². The molecule has 4 amide bonds. The number of hydrogen-bond acceptors (Lipinski definition) is 22. The second-order valence-electron chi connectivity index (χ2n) is 30.6. The molecule has 3 fully saturated rings. The van der Waals surface area contributed by atoms with Crippen LogP contribution in [0.2, 0.25) is 15.1 Å². The molecule has 43 heteroatoms. The second-order valence-corrected chi connectivity index (χ2v) is 37.4. The fraction of sp³-hybridized carbons (Fsp3) is 0.374. The number of rotatable bonds is 34. The van der Waals surface area contributed by atoms with E-state index in [4.69, 9.17) is 66.9 Å². The van der Waals surface area contributed by atoms with Crippen molar-refractivity contribution in [3.05, 3.63) is 224 Å². The molecule has 5 heterocycles. The van der Waals surface area contributed by atoms with Gasteiger partial charge in [-0.1, -0.05) is 96.3 Å². The lowest BCUT2D eigenvalue weighted by atomic mass is 9.91. The molecular weight excluding hydrogens is 1910 g/mol. The summed E-state index contributed by atoms with van der Waals surface area (Å²) in [6.45, 7) is 12.3. The number of carbonyl (C=O) groups is 9. The minimum absolute atomic E-state index is 0. The summed E-state index contributed by atoms with van der Waals surface area (Å²) in [6, 6.07) is 31.8. The van der Waals surface area contributed by atoms with Crippen LogP contribution >= 0.6 is 62.4 Å². The molecule has 1 unspecified atom stereocenters. The molecule has 3 aliphatic rings. The first-order valence-electron chi connectivity index (χ1n) is 41.5. The summed E-state index contributed by atoms with van der Waals surface area (Å²) in [5.74, 6) is -7.21. The third kappa shape index (κ3) is 29.8. The van der Waals surface area contributed by atoms with Crippen LogP contribution in [0.5, 0.6) is 17.2 Å². The van der Waals surface area contributed by atoms with Gasteiger partial charge in [-0.25, -0.2) is 26.3 Å². The number of ether oxygens (including phenoxy) is 1. The standard InChI is InChI=1S/C29H33ClF2N3O7P.C25H23ClF2N2O4.C12H13ClF2N2O.C12H11NO4.C12H19O6PS.CH4.ClH/c1-4-41-43(39,42-5-2)17-40-21-9-10-25-22(12-21)23(18(3)36)15-34(25)16-27(37)35-14-20(31)11-26(35)29(38)33-13-19-7-6-8-24(30)28(19)32;1-13(31)20-11-30(22-6-5-16(32)9-17(20)22)12-23(33)18-7-15(27)8-19(18)25(34)29-10-14-3-2-4-21(26)24(14)28;13-9-3-1-2-7(11(9)15)5-17-12(18)10-4-8(14)6-16-10;1-7(14)10-5-13(6-12(16)17)11-3-2-8(15)4-9(10)11;1-4-16-19(13,17-5-2)10-18-20(14,15)12-8-6-11(3)7-9-12;;/h6-10,12,15,20,26H,4-5,11,13-14,16-17H2,1-3H3,(H,33,38);2-6,9,11,15,18-19,32H,7-8,10,12H2,1H3,(H,29,34);1-3,8,10,16H,4-6H2,(H,17,18);2-5,15H,6H2,1H3,(H,16,17);6-9H,4-5,10H2,1-3H3;1H4;1H/t20-,26+;15-,18?,19+;8-,10+;;;;/m101..../s1. The molecule has 0 bridgehead atoms. The Morgan fingerprint density at radius 2 is 0.933 bits per heavy atom. The van der Waals surface area contributed by atoms with Crippen molar-refractivity contribution in [2.24, 2.45) is 11.8 Å². The fourth-order valence-electron chi connectivity index (χ4n) is 14.7. The van der Waals surface area contributed by atoms with Crippen LogP contribution in [0.25, 0.3) is 32.7 Å². The molecule has 2 aliphatic heterocycles. The van der Waals surface area contributed by atoms with Gasteiger partial charge >= 0.3 is 21.2 Å². The molecule has 7 atom stereocenters. The van der Waals surface area contributed by atoms with Gasteiger partial charge in [-0.3, -0.25) is 56.5 Å². The zero-order valence-corrected chi connectivity index (χ0v) is 78.9. The summed E-state index contributed by atoms with van der Waals surface area (Å²) >= 11 is 17.2.